The summed E-state index contributed by atoms with van der Waals surface area (Å²) in [5, 5.41) is 3.85. The normalized spacial score (nSPS) is 23.9. The van der Waals surface area contributed by atoms with Crippen LogP contribution in [0.2, 0.25) is 0 Å². The van der Waals surface area contributed by atoms with Crippen LogP contribution in [-0.4, -0.2) is 65.7 Å². The van der Waals surface area contributed by atoms with Gasteiger partial charge in [0.1, 0.15) is 17.1 Å². The molecule has 4 rings (SSSR count). The molecule has 0 radical (unpaired) electrons. The number of nitrogens with one attached hydrogen (secondary N) is 2. The summed E-state index contributed by atoms with van der Waals surface area (Å²) < 4.78 is 137. The largest absolute Gasteiger partial charge is 0.493 e. The number of sulfonamides is 1. The van der Waals surface area contributed by atoms with Crippen LogP contribution < -0.4 is 15.0 Å². The maximum absolute atomic E-state index is 13.5. The molecule has 36 heavy (non-hydrogen) atoms. The van der Waals surface area contributed by atoms with Crippen molar-refractivity contribution >= 4 is 21.1 Å². The van der Waals surface area contributed by atoms with Gasteiger partial charge >= 0.3 is 0 Å². The highest BCUT2D eigenvalue weighted by Gasteiger charge is 2.23. The molecule has 1 aliphatic heterocycles. The number of aryl methyl sites for hydroxylation is 2. The maximum Gasteiger partial charge on any atom is 0.277 e. The second-order valence-corrected chi connectivity index (χ2v) is 9.99. The Kier molecular flexibility index (Phi) is 4.39. The van der Waals surface area contributed by atoms with Crippen molar-refractivity contribution in [2.45, 2.75) is 63.2 Å². The summed E-state index contributed by atoms with van der Waals surface area (Å²) in [6.45, 7) is -9.14. The van der Waals surface area contributed by atoms with Gasteiger partial charge in [0.15, 0.2) is 5.52 Å². The molecule has 2 N–H and O–H groups in total. The van der Waals surface area contributed by atoms with Crippen molar-refractivity contribution in [2.24, 2.45) is 6.98 Å². The Balaban J connectivity index is 1.82. The first-order chi connectivity index (χ1) is 22.3. The van der Waals surface area contributed by atoms with Crippen LogP contribution in [0, 0.1) is 0 Å². The first kappa shape index (κ1) is 14.3. The van der Waals surface area contributed by atoms with Crippen LogP contribution in [0.4, 0.5) is 0 Å². The van der Waals surface area contributed by atoms with Crippen molar-refractivity contribution in [1.82, 2.24) is 29.4 Å². The molecule has 3 aromatic rings. The summed E-state index contributed by atoms with van der Waals surface area (Å²) in [5.74, 6) is -0.336. The lowest BCUT2D eigenvalue weighted by atomic mass is 10.1. The second kappa shape index (κ2) is 11.1. The van der Waals surface area contributed by atoms with E-state index in [-0.39, 0.29) is 30.3 Å². The number of ether oxygens (including phenoxy) is 1. The number of benzene rings is 1. The Bertz CT molecular complexity index is 1850. The van der Waals surface area contributed by atoms with E-state index in [1.807, 2.05) is 4.72 Å². The average Bonchev–Trinajstić information content (AvgIpc) is 3.55. The minimum atomic E-state index is -4.66. The summed E-state index contributed by atoms with van der Waals surface area (Å²) in [7, 11) is -4.66. The van der Waals surface area contributed by atoms with Crippen LogP contribution in [0.15, 0.2) is 27.9 Å². The van der Waals surface area contributed by atoms with Gasteiger partial charge in [-0.3, -0.25) is 9.48 Å². The number of likely N-dealkylation sites (tertiary alicyclic amines) is 1. The number of aromatic nitrogens is 4. The van der Waals surface area contributed by atoms with E-state index in [0.717, 1.165) is 17.0 Å². The van der Waals surface area contributed by atoms with E-state index < -0.39 is 89.8 Å². The fraction of sp³-hybridized carbons (Fsp3) is 0.560. The van der Waals surface area contributed by atoms with Crippen LogP contribution in [0.3, 0.4) is 0 Å². The predicted molar refractivity (Wildman–Crippen MR) is 140 cm³/mol. The fourth-order valence-electron chi connectivity index (χ4n) is 3.97. The standard InChI is InChI=1S/C25H36N6O4S/c1-5-8-20-22-23(31(4)29-20)25(32)28-24(27-22)19-16-18(10-11-21(19)35-15-6-2)36(33,34)26-13-12-17-9-7-14-30(17)3/h10-11,16-17,26H,5-9,12-15H2,1-4H3,(H,27,28,32)/i1D3,3D3,4D3,5D2,13D2. The Hall–Kier alpha value is -2.76. The van der Waals surface area contributed by atoms with Crippen molar-refractivity contribution < 1.29 is 31.0 Å². The summed E-state index contributed by atoms with van der Waals surface area (Å²) in [4.78, 5) is 20.8. The molecule has 2 aromatic heterocycles. The second-order valence-electron chi connectivity index (χ2n) is 8.31. The molecule has 196 valence electrons. The van der Waals surface area contributed by atoms with Gasteiger partial charge in [-0.1, -0.05) is 20.1 Å². The molecule has 10 nitrogen and oxygen atoms in total. The van der Waals surface area contributed by atoms with Gasteiger partial charge < -0.3 is 14.6 Å². The molecule has 1 fully saturated rings. The zero-order valence-corrected chi connectivity index (χ0v) is 20.4. The Morgan fingerprint density at radius 2 is 2.25 bits per heavy atom. The van der Waals surface area contributed by atoms with Crippen LogP contribution in [-0.2, 0) is 23.4 Å². The molecule has 1 atom stereocenters. The third-order valence-corrected chi connectivity index (χ3v) is 7.04. The molecule has 1 aliphatic rings. The number of rotatable bonds is 11. The van der Waals surface area contributed by atoms with E-state index in [1.165, 1.54) is 6.07 Å². The fourth-order valence-corrected chi connectivity index (χ4v) is 4.89. The highest BCUT2D eigenvalue weighted by molar-refractivity contribution is 7.89. The zero-order valence-electron chi connectivity index (χ0n) is 32.6. The van der Waals surface area contributed by atoms with E-state index in [0.29, 0.717) is 23.9 Å². The van der Waals surface area contributed by atoms with E-state index in [2.05, 4.69) is 15.1 Å². The van der Waals surface area contributed by atoms with E-state index >= 15 is 0 Å². The van der Waals surface area contributed by atoms with E-state index in [4.69, 9.17) is 22.6 Å². The molecule has 1 saturated heterocycles. The minimum absolute atomic E-state index is 0.0215. The van der Waals surface area contributed by atoms with Gasteiger partial charge in [-0.25, -0.2) is 18.1 Å². The number of H-pyrrole nitrogens is 1. The number of aromatic amines is 1. The minimum Gasteiger partial charge on any atom is -0.493 e. The number of fused-ring (bicyclic) bond motifs is 1. The van der Waals surface area contributed by atoms with Gasteiger partial charge in [0.2, 0.25) is 10.0 Å². The maximum atomic E-state index is 13.5. The first-order valence-corrected chi connectivity index (χ1v) is 12.9. The van der Waals surface area contributed by atoms with E-state index in [9.17, 15) is 13.2 Å². The van der Waals surface area contributed by atoms with Crippen LogP contribution >= 0.6 is 0 Å². The molecule has 3 heterocycles. The molecule has 11 heteroatoms. The summed E-state index contributed by atoms with van der Waals surface area (Å²) in [6.07, 6.45) is -2.96. The molecule has 0 aliphatic carbocycles. The highest BCUT2D eigenvalue weighted by Crippen LogP contribution is 2.31. The SMILES string of the molecule is [2H]C([2H])(CC1CCCN1C([2H])([2H])[2H])NS(=O)(=O)c1ccc(OCCC)c(-c2nc3c(CC([2H])([2H])C([2H])([2H])[2H])nn(C([2H])([2H])[2H])c3c(=O)[nH]2)c1. The van der Waals surface area contributed by atoms with Gasteiger partial charge in [0, 0.05) is 37.3 Å². The molecule has 0 saturated carbocycles. The predicted octanol–water partition coefficient (Wildman–Crippen LogP) is 2.83. The summed E-state index contributed by atoms with van der Waals surface area (Å²) >= 11 is 0. The van der Waals surface area contributed by atoms with Crippen molar-refractivity contribution in [1.29, 1.82) is 0 Å². The van der Waals surface area contributed by atoms with Crippen LogP contribution in [0.5, 0.6) is 5.75 Å². The van der Waals surface area contributed by atoms with Crippen molar-refractivity contribution in [3.8, 4) is 17.1 Å². The Morgan fingerprint density at radius 1 is 1.36 bits per heavy atom. The van der Waals surface area contributed by atoms with Gasteiger partial charge in [-0.15, -0.1) is 0 Å². The van der Waals surface area contributed by atoms with Gasteiger partial charge in [0.05, 0.1) is 22.8 Å². The average molecular weight is 530 g/mol. The molecular formula is C25H36N6O4S. The van der Waals surface area contributed by atoms with Crippen LogP contribution in [0.25, 0.3) is 22.4 Å². The number of nitrogens with zero attached hydrogens (tertiary/aromatic N) is 4. The van der Waals surface area contributed by atoms with Crippen molar-refractivity contribution in [3.05, 3.63) is 34.2 Å². The quantitative estimate of drug-likeness (QED) is 0.392. The number of hydrogen-bond donors (Lipinski definition) is 2. The monoisotopic (exact) mass is 529 g/mol. The lowest BCUT2D eigenvalue weighted by molar-refractivity contribution is 0.297. The van der Waals surface area contributed by atoms with E-state index in [1.54, 1.807) is 6.92 Å². The first-order valence-electron chi connectivity index (χ1n) is 17.9. The molecular weight excluding hydrogens is 480 g/mol. The topological polar surface area (TPSA) is 122 Å². The lowest BCUT2D eigenvalue weighted by Gasteiger charge is -2.19. The summed E-state index contributed by atoms with van der Waals surface area (Å²) in [6, 6.07) is 2.64. The third-order valence-electron chi connectivity index (χ3n) is 5.76. The molecule has 1 aromatic carbocycles. The summed E-state index contributed by atoms with van der Waals surface area (Å²) in [5.41, 5.74) is -2.70. The molecule has 0 amide bonds. The zero-order chi connectivity index (χ0) is 37.0. The Labute approximate surface area is 230 Å². The van der Waals surface area contributed by atoms with Gasteiger partial charge in [0.25, 0.3) is 5.56 Å². The van der Waals surface area contributed by atoms with Crippen LogP contribution in [0.1, 0.15) is 69.3 Å². The van der Waals surface area contributed by atoms with Crippen molar-refractivity contribution in [3.63, 3.8) is 0 Å². The highest BCUT2D eigenvalue weighted by atomic mass is 32.2. The molecule has 1 unspecified atom stereocenters. The van der Waals surface area contributed by atoms with Gasteiger partial charge in [-0.2, -0.15) is 5.10 Å². The third kappa shape index (κ3) is 5.47. The smallest absolute Gasteiger partial charge is 0.277 e. The Morgan fingerprint density at radius 3 is 3.03 bits per heavy atom. The van der Waals surface area contributed by atoms with Gasteiger partial charge in [-0.05, 0) is 63.8 Å². The number of hydrogen-bond acceptors (Lipinski definition) is 7. The lowest BCUT2D eigenvalue weighted by Crippen LogP contribution is -2.31. The molecule has 0 bridgehead atoms. The van der Waals surface area contributed by atoms with Crippen molar-refractivity contribution in [2.75, 3.05) is 26.6 Å². The molecule has 0 spiro atoms.